The minimum absolute atomic E-state index is 0.238. The number of aliphatic hydroxyl groups is 1. The molecule has 1 aliphatic rings. The summed E-state index contributed by atoms with van der Waals surface area (Å²) in [5.74, 6) is 0.292. The molecule has 0 spiro atoms. The van der Waals surface area contributed by atoms with Crippen LogP contribution >= 0.6 is 0 Å². The molecule has 0 bridgehead atoms. The van der Waals surface area contributed by atoms with E-state index >= 15 is 0 Å². The molecule has 1 fully saturated rings. The Morgan fingerprint density at radius 3 is 2.89 bits per heavy atom. The Morgan fingerprint density at radius 2 is 2.16 bits per heavy atom. The third-order valence-corrected chi connectivity index (χ3v) is 3.85. The van der Waals surface area contributed by atoms with Gasteiger partial charge in [0.05, 0.1) is 0 Å². The summed E-state index contributed by atoms with van der Waals surface area (Å²) in [7, 11) is 0. The molecule has 3 rings (SSSR count). The van der Waals surface area contributed by atoms with Gasteiger partial charge >= 0.3 is 0 Å². The summed E-state index contributed by atoms with van der Waals surface area (Å²) in [6.45, 7) is 4.14. The molecule has 0 radical (unpaired) electrons. The van der Waals surface area contributed by atoms with Crippen molar-refractivity contribution in [2.24, 2.45) is 5.92 Å². The second-order valence-corrected chi connectivity index (χ2v) is 5.77. The smallest absolute Gasteiger partial charge is 0.0483 e. The number of fused-ring (bicyclic) bond motifs is 1. The van der Waals surface area contributed by atoms with Crippen LogP contribution in [0.25, 0.3) is 10.9 Å². The van der Waals surface area contributed by atoms with E-state index in [0.29, 0.717) is 5.92 Å². The van der Waals surface area contributed by atoms with Crippen LogP contribution in [0.3, 0.4) is 0 Å². The van der Waals surface area contributed by atoms with E-state index in [1.165, 1.54) is 29.3 Å². The Kier molecular flexibility index (Phi) is 3.58. The molecule has 19 heavy (non-hydrogen) atoms. The summed E-state index contributed by atoms with van der Waals surface area (Å²) in [4.78, 5) is 0. The van der Waals surface area contributed by atoms with Crippen LogP contribution in [0.5, 0.6) is 0 Å². The molecule has 2 N–H and O–H groups in total. The van der Waals surface area contributed by atoms with E-state index in [0.717, 1.165) is 19.1 Å². The van der Waals surface area contributed by atoms with E-state index in [1.54, 1.807) is 0 Å². The molecule has 102 valence electrons. The number of nitrogens with one attached hydrogen (secondary N) is 1. The molecule has 0 amide bonds. The molecule has 0 aliphatic heterocycles. The van der Waals surface area contributed by atoms with Gasteiger partial charge in [0.2, 0.25) is 0 Å². The minimum atomic E-state index is 0.238. The standard InChI is InChI=1S/C16H22N2O/c1-12(11-19)9-18-10-13(8-17-14-6-7-14)15-4-2-3-5-16(15)18/h2-5,10,12,14,17,19H,6-9,11H2,1H3. The van der Waals surface area contributed by atoms with Crippen molar-refractivity contribution in [3.63, 3.8) is 0 Å². The predicted octanol–water partition coefficient (Wildman–Crippen LogP) is 2.52. The van der Waals surface area contributed by atoms with Crippen LogP contribution in [0.4, 0.5) is 0 Å². The second kappa shape index (κ2) is 5.35. The van der Waals surface area contributed by atoms with Crippen LogP contribution in [0.15, 0.2) is 30.5 Å². The molecule has 1 atom stereocenters. The average molecular weight is 258 g/mol. The van der Waals surface area contributed by atoms with Crippen LogP contribution in [0, 0.1) is 5.92 Å². The number of aliphatic hydroxyl groups excluding tert-OH is 1. The average Bonchev–Trinajstić information content (AvgIpc) is 3.20. The Hall–Kier alpha value is -1.32. The van der Waals surface area contributed by atoms with E-state index in [2.05, 4.69) is 47.3 Å². The van der Waals surface area contributed by atoms with E-state index in [9.17, 15) is 5.11 Å². The zero-order valence-corrected chi connectivity index (χ0v) is 11.5. The minimum Gasteiger partial charge on any atom is -0.396 e. The highest BCUT2D eigenvalue weighted by molar-refractivity contribution is 5.83. The molecule has 3 heteroatoms. The van der Waals surface area contributed by atoms with Gasteiger partial charge in [-0.25, -0.2) is 0 Å². The Bertz CT molecular complexity index is 557. The summed E-state index contributed by atoms with van der Waals surface area (Å²) in [6.07, 6.45) is 4.88. The maximum atomic E-state index is 9.23. The van der Waals surface area contributed by atoms with Crippen LogP contribution in [-0.4, -0.2) is 22.3 Å². The number of benzene rings is 1. The van der Waals surface area contributed by atoms with Gasteiger partial charge in [-0.2, -0.15) is 0 Å². The lowest BCUT2D eigenvalue weighted by Gasteiger charge is -2.10. The molecule has 3 nitrogen and oxygen atoms in total. The molecular weight excluding hydrogens is 236 g/mol. The summed E-state index contributed by atoms with van der Waals surface area (Å²) in [5, 5.41) is 14.2. The monoisotopic (exact) mass is 258 g/mol. The van der Waals surface area contributed by atoms with Crippen LogP contribution in [-0.2, 0) is 13.1 Å². The van der Waals surface area contributed by atoms with E-state index in [1.807, 2.05) is 0 Å². The number of rotatable bonds is 6. The fraction of sp³-hybridized carbons (Fsp3) is 0.500. The number of aromatic nitrogens is 1. The van der Waals surface area contributed by atoms with Gasteiger partial charge in [0.25, 0.3) is 0 Å². The van der Waals surface area contributed by atoms with E-state index < -0.39 is 0 Å². The van der Waals surface area contributed by atoms with Crippen LogP contribution in [0.2, 0.25) is 0 Å². The van der Waals surface area contributed by atoms with Gasteiger partial charge in [-0.05, 0) is 30.4 Å². The maximum absolute atomic E-state index is 9.23. The largest absolute Gasteiger partial charge is 0.396 e. The summed E-state index contributed by atoms with van der Waals surface area (Å²) >= 11 is 0. The first-order chi connectivity index (χ1) is 9.28. The highest BCUT2D eigenvalue weighted by atomic mass is 16.3. The van der Waals surface area contributed by atoms with Gasteiger partial charge < -0.3 is 15.0 Å². The third-order valence-electron chi connectivity index (χ3n) is 3.85. The topological polar surface area (TPSA) is 37.2 Å². The van der Waals surface area contributed by atoms with Gasteiger partial charge in [-0.3, -0.25) is 0 Å². The van der Waals surface area contributed by atoms with Crippen LogP contribution < -0.4 is 5.32 Å². The third kappa shape index (κ3) is 2.82. The van der Waals surface area contributed by atoms with Crippen LogP contribution in [0.1, 0.15) is 25.3 Å². The van der Waals surface area contributed by atoms with Gasteiger partial charge in [-0.1, -0.05) is 25.1 Å². The fourth-order valence-electron chi connectivity index (χ4n) is 2.55. The first-order valence-electron chi connectivity index (χ1n) is 7.19. The first kappa shape index (κ1) is 12.7. The molecule has 1 aromatic heterocycles. The highest BCUT2D eigenvalue weighted by Crippen LogP contribution is 2.24. The molecule has 1 saturated carbocycles. The number of nitrogens with zero attached hydrogens (tertiary/aromatic N) is 1. The van der Waals surface area contributed by atoms with Crippen molar-refractivity contribution >= 4 is 10.9 Å². The number of hydrogen-bond acceptors (Lipinski definition) is 2. The molecular formula is C16H22N2O. The van der Waals surface area contributed by atoms with Crippen molar-refractivity contribution in [2.75, 3.05) is 6.61 Å². The second-order valence-electron chi connectivity index (χ2n) is 5.77. The SMILES string of the molecule is CC(CO)Cn1cc(CNC2CC2)c2ccccc21. The molecule has 1 heterocycles. The molecule has 1 aromatic carbocycles. The zero-order chi connectivity index (χ0) is 13.2. The number of para-hydroxylation sites is 1. The zero-order valence-electron chi connectivity index (χ0n) is 11.5. The summed E-state index contributed by atoms with van der Waals surface area (Å²) in [5.41, 5.74) is 2.64. The molecule has 1 aliphatic carbocycles. The Balaban J connectivity index is 1.87. The van der Waals surface area contributed by atoms with Gasteiger partial charge in [-0.15, -0.1) is 0 Å². The van der Waals surface area contributed by atoms with Crippen molar-refractivity contribution in [1.82, 2.24) is 9.88 Å². The Labute approximate surface area is 114 Å². The summed E-state index contributed by atoms with van der Waals surface area (Å²) < 4.78 is 2.28. The highest BCUT2D eigenvalue weighted by Gasteiger charge is 2.20. The van der Waals surface area contributed by atoms with Gasteiger partial charge in [0, 0.05) is 42.8 Å². The first-order valence-corrected chi connectivity index (χ1v) is 7.19. The van der Waals surface area contributed by atoms with Crippen molar-refractivity contribution in [2.45, 2.75) is 38.9 Å². The van der Waals surface area contributed by atoms with Crippen molar-refractivity contribution in [3.8, 4) is 0 Å². The lowest BCUT2D eigenvalue weighted by atomic mass is 10.2. The lowest BCUT2D eigenvalue weighted by Crippen LogP contribution is -2.15. The van der Waals surface area contributed by atoms with Gasteiger partial charge in [0.1, 0.15) is 0 Å². The maximum Gasteiger partial charge on any atom is 0.0483 e. The Morgan fingerprint density at radius 1 is 1.37 bits per heavy atom. The molecule has 1 unspecified atom stereocenters. The quantitative estimate of drug-likeness (QED) is 0.835. The van der Waals surface area contributed by atoms with Crippen molar-refractivity contribution in [3.05, 3.63) is 36.0 Å². The normalized spacial score (nSPS) is 16.9. The van der Waals surface area contributed by atoms with E-state index in [4.69, 9.17) is 0 Å². The van der Waals surface area contributed by atoms with Crippen molar-refractivity contribution < 1.29 is 5.11 Å². The number of hydrogen-bond donors (Lipinski definition) is 2. The molecule has 0 saturated heterocycles. The predicted molar refractivity (Wildman–Crippen MR) is 78.0 cm³/mol. The van der Waals surface area contributed by atoms with Crippen molar-refractivity contribution in [1.29, 1.82) is 0 Å². The van der Waals surface area contributed by atoms with Gasteiger partial charge in [0.15, 0.2) is 0 Å². The lowest BCUT2D eigenvalue weighted by molar-refractivity contribution is 0.224. The van der Waals surface area contributed by atoms with E-state index in [-0.39, 0.29) is 6.61 Å². The fourth-order valence-corrected chi connectivity index (χ4v) is 2.55. The molecule has 2 aromatic rings. The summed E-state index contributed by atoms with van der Waals surface area (Å²) in [6, 6.07) is 9.28.